The lowest BCUT2D eigenvalue weighted by atomic mass is 10.3. The fourth-order valence-electron chi connectivity index (χ4n) is 1.65. The summed E-state index contributed by atoms with van der Waals surface area (Å²) in [5.74, 6) is 1.32. The lowest BCUT2D eigenvalue weighted by Crippen LogP contribution is -2.09. The van der Waals surface area contributed by atoms with Crippen molar-refractivity contribution in [1.82, 2.24) is 14.7 Å². The molecule has 0 atom stereocenters. The molecule has 80 valence electrons. The van der Waals surface area contributed by atoms with Crippen LogP contribution < -0.4 is 5.32 Å². The summed E-state index contributed by atoms with van der Waals surface area (Å²) in [7, 11) is 1.95. The molecule has 0 unspecified atom stereocenters. The van der Waals surface area contributed by atoms with Crippen LogP contribution in [0.3, 0.4) is 0 Å². The molecule has 2 N–H and O–H groups in total. The second-order valence-corrected chi connectivity index (χ2v) is 3.56. The molecular formula is C11H15N3O. The highest BCUT2D eigenvalue weighted by molar-refractivity contribution is 5.50. The monoisotopic (exact) mass is 205 g/mol. The number of aryl methyl sites for hydroxylation is 1. The number of imidazole rings is 1. The maximum absolute atomic E-state index is 9.30. The third kappa shape index (κ3) is 2.10. The van der Waals surface area contributed by atoms with Crippen molar-refractivity contribution < 1.29 is 5.11 Å². The summed E-state index contributed by atoms with van der Waals surface area (Å²) < 4.78 is 2.01. The van der Waals surface area contributed by atoms with Gasteiger partial charge in [-0.15, -0.1) is 0 Å². The minimum atomic E-state index is 0.282. The Morgan fingerprint density at radius 2 is 2.40 bits per heavy atom. The Labute approximate surface area is 88.6 Å². The Kier molecular flexibility index (Phi) is 2.87. The number of hydrogen-bond donors (Lipinski definition) is 2. The van der Waals surface area contributed by atoms with Crippen LogP contribution >= 0.6 is 0 Å². The van der Waals surface area contributed by atoms with Gasteiger partial charge >= 0.3 is 0 Å². The molecule has 2 rings (SSSR count). The van der Waals surface area contributed by atoms with E-state index in [1.807, 2.05) is 17.6 Å². The average molecular weight is 205 g/mol. The molecule has 0 saturated heterocycles. The highest BCUT2D eigenvalue weighted by Crippen LogP contribution is 2.14. The van der Waals surface area contributed by atoms with Crippen molar-refractivity contribution in [3.63, 3.8) is 0 Å². The van der Waals surface area contributed by atoms with Crippen LogP contribution in [-0.4, -0.2) is 28.1 Å². The van der Waals surface area contributed by atoms with Crippen LogP contribution in [0.25, 0.3) is 5.52 Å². The van der Waals surface area contributed by atoms with E-state index < -0.39 is 0 Å². The fourth-order valence-corrected chi connectivity index (χ4v) is 1.65. The summed E-state index contributed by atoms with van der Waals surface area (Å²) in [5.41, 5.74) is 0.939. The smallest absolute Gasteiger partial charge is 0.119 e. The van der Waals surface area contributed by atoms with Crippen molar-refractivity contribution in [3.05, 3.63) is 30.4 Å². The Hall–Kier alpha value is -1.55. The van der Waals surface area contributed by atoms with Crippen molar-refractivity contribution in [2.75, 3.05) is 13.6 Å². The normalized spacial score (nSPS) is 11.0. The Morgan fingerprint density at radius 3 is 3.20 bits per heavy atom. The van der Waals surface area contributed by atoms with E-state index in [-0.39, 0.29) is 5.75 Å². The van der Waals surface area contributed by atoms with E-state index in [2.05, 4.69) is 10.3 Å². The average Bonchev–Trinajstić information content (AvgIpc) is 2.61. The quantitative estimate of drug-likeness (QED) is 0.737. The zero-order chi connectivity index (χ0) is 10.7. The molecule has 0 aliphatic carbocycles. The molecule has 4 heteroatoms. The van der Waals surface area contributed by atoms with Gasteiger partial charge in [-0.25, -0.2) is 4.98 Å². The first-order valence-electron chi connectivity index (χ1n) is 5.11. The maximum atomic E-state index is 9.30. The number of pyridine rings is 1. The Bertz CT molecular complexity index is 450. The van der Waals surface area contributed by atoms with E-state index >= 15 is 0 Å². The van der Waals surface area contributed by atoms with Gasteiger partial charge in [0, 0.05) is 18.7 Å². The molecule has 0 fully saturated rings. The van der Waals surface area contributed by atoms with Gasteiger partial charge in [0.05, 0.1) is 11.7 Å². The number of aromatic nitrogens is 2. The molecule has 0 spiro atoms. The van der Waals surface area contributed by atoms with E-state index in [0.717, 1.165) is 30.7 Å². The van der Waals surface area contributed by atoms with Crippen LogP contribution in [0.1, 0.15) is 12.2 Å². The zero-order valence-corrected chi connectivity index (χ0v) is 8.77. The molecular weight excluding hydrogens is 190 g/mol. The second kappa shape index (κ2) is 4.31. The molecule has 0 amide bonds. The predicted molar refractivity (Wildman–Crippen MR) is 59.1 cm³/mol. The summed E-state index contributed by atoms with van der Waals surface area (Å²) in [6.45, 7) is 0.993. The van der Waals surface area contributed by atoms with E-state index in [1.165, 1.54) is 0 Å². The molecule has 4 nitrogen and oxygen atoms in total. The molecule has 2 aromatic rings. The Balaban J connectivity index is 2.21. The minimum absolute atomic E-state index is 0.282. The molecule has 0 aliphatic heterocycles. The summed E-state index contributed by atoms with van der Waals surface area (Å²) in [6, 6.07) is 3.39. The lowest BCUT2D eigenvalue weighted by molar-refractivity contribution is 0.475. The first-order chi connectivity index (χ1) is 7.31. The summed E-state index contributed by atoms with van der Waals surface area (Å²) in [4.78, 5) is 4.33. The SMILES string of the molecule is CNCCCc1ncc2cc(O)ccn12. The van der Waals surface area contributed by atoms with Gasteiger partial charge < -0.3 is 14.8 Å². The standard InChI is InChI=1S/C11H15N3O/c1-12-5-2-3-11-13-8-9-7-10(15)4-6-14(9)11/h4,6-8,12,15H,2-3,5H2,1H3. The van der Waals surface area contributed by atoms with Crippen LogP contribution in [0.4, 0.5) is 0 Å². The van der Waals surface area contributed by atoms with Gasteiger partial charge in [0.2, 0.25) is 0 Å². The van der Waals surface area contributed by atoms with Crippen molar-refractivity contribution in [3.8, 4) is 5.75 Å². The number of fused-ring (bicyclic) bond motifs is 1. The van der Waals surface area contributed by atoms with Crippen molar-refractivity contribution >= 4 is 5.52 Å². The van der Waals surface area contributed by atoms with Gasteiger partial charge in [-0.1, -0.05) is 0 Å². The second-order valence-electron chi connectivity index (χ2n) is 3.56. The summed E-state index contributed by atoms with van der Waals surface area (Å²) in [6.07, 6.45) is 5.65. The van der Waals surface area contributed by atoms with Crippen molar-refractivity contribution in [1.29, 1.82) is 0 Å². The molecule has 2 heterocycles. The van der Waals surface area contributed by atoms with Crippen LogP contribution in [0, 0.1) is 0 Å². The Morgan fingerprint density at radius 1 is 1.53 bits per heavy atom. The zero-order valence-electron chi connectivity index (χ0n) is 8.77. The van der Waals surface area contributed by atoms with E-state index in [9.17, 15) is 5.11 Å². The number of hydrogen-bond acceptors (Lipinski definition) is 3. The number of aromatic hydroxyl groups is 1. The van der Waals surface area contributed by atoms with Gasteiger partial charge in [-0.3, -0.25) is 0 Å². The van der Waals surface area contributed by atoms with Crippen LogP contribution in [-0.2, 0) is 6.42 Å². The topological polar surface area (TPSA) is 49.6 Å². The van der Waals surface area contributed by atoms with Crippen molar-refractivity contribution in [2.45, 2.75) is 12.8 Å². The molecule has 0 aromatic carbocycles. The van der Waals surface area contributed by atoms with Gasteiger partial charge in [0.1, 0.15) is 11.6 Å². The lowest BCUT2D eigenvalue weighted by Gasteiger charge is -2.01. The third-order valence-electron chi connectivity index (χ3n) is 2.42. The first kappa shape index (κ1) is 9.98. The van der Waals surface area contributed by atoms with Gasteiger partial charge in [0.15, 0.2) is 0 Å². The van der Waals surface area contributed by atoms with Crippen molar-refractivity contribution in [2.24, 2.45) is 0 Å². The number of rotatable bonds is 4. The molecule has 0 saturated carbocycles. The highest BCUT2D eigenvalue weighted by Gasteiger charge is 2.03. The summed E-state index contributed by atoms with van der Waals surface area (Å²) in [5, 5.41) is 12.4. The highest BCUT2D eigenvalue weighted by atomic mass is 16.3. The van der Waals surface area contributed by atoms with E-state index in [4.69, 9.17) is 0 Å². The molecule has 0 bridgehead atoms. The molecule has 2 aromatic heterocycles. The number of nitrogens with one attached hydrogen (secondary N) is 1. The largest absolute Gasteiger partial charge is 0.508 e. The van der Waals surface area contributed by atoms with E-state index in [0.29, 0.717) is 0 Å². The first-order valence-corrected chi connectivity index (χ1v) is 5.11. The number of nitrogens with zero attached hydrogens (tertiary/aromatic N) is 2. The molecule has 0 aliphatic rings. The fraction of sp³-hybridized carbons (Fsp3) is 0.364. The molecule has 15 heavy (non-hydrogen) atoms. The maximum Gasteiger partial charge on any atom is 0.119 e. The van der Waals surface area contributed by atoms with Gasteiger partial charge in [-0.2, -0.15) is 0 Å². The summed E-state index contributed by atoms with van der Waals surface area (Å²) >= 11 is 0. The van der Waals surface area contributed by atoms with Gasteiger partial charge in [0.25, 0.3) is 0 Å². The minimum Gasteiger partial charge on any atom is -0.508 e. The molecule has 0 radical (unpaired) electrons. The van der Waals surface area contributed by atoms with Crippen LogP contribution in [0.5, 0.6) is 5.75 Å². The van der Waals surface area contributed by atoms with E-state index in [1.54, 1.807) is 18.3 Å². The van der Waals surface area contributed by atoms with Gasteiger partial charge in [-0.05, 0) is 26.1 Å². The predicted octanol–water partition coefficient (Wildman–Crippen LogP) is 1.19. The van der Waals surface area contributed by atoms with Crippen LogP contribution in [0.15, 0.2) is 24.5 Å². The van der Waals surface area contributed by atoms with Crippen LogP contribution in [0.2, 0.25) is 0 Å². The third-order valence-corrected chi connectivity index (χ3v) is 2.42.